The van der Waals surface area contributed by atoms with Crippen LogP contribution in [0.15, 0.2) is 18.2 Å². The normalized spacial score (nSPS) is 28.7. The summed E-state index contributed by atoms with van der Waals surface area (Å²) in [6.45, 7) is 4.54. The van der Waals surface area contributed by atoms with E-state index >= 15 is 0 Å². The van der Waals surface area contributed by atoms with E-state index in [9.17, 15) is 0 Å². The number of likely N-dealkylation sites (tertiary alicyclic amines) is 1. The minimum absolute atomic E-state index is 0.542. The van der Waals surface area contributed by atoms with Gasteiger partial charge in [-0.1, -0.05) is 6.07 Å². The Hall–Kier alpha value is -1.26. The van der Waals surface area contributed by atoms with Crippen molar-refractivity contribution in [2.24, 2.45) is 0 Å². The lowest BCUT2D eigenvalue weighted by Crippen LogP contribution is -2.46. The third-order valence-corrected chi connectivity index (χ3v) is 6.70. The van der Waals surface area contributed by atoms with Gasteiger partial charge in [0, 0.05) is 25.2 Å². The number of nitrogens with two attached hydrogens (primary N) is 1. The average molecular weight is 358 g/mol. The van der Waals surface area contributed by atoms with Crippen molar-refractivity contribution in [3.8, 4) is 0 Å². The molecule has 1 heterocycles. The predicted molar refractivity (Wildman–Crippen MR) is 109 cm³/mol. The highest BCUT2D eigenvalue weighted by atomic mass is 16.5. The Morgan fingerprint density at radius 3 is 2.31 bits per heavy atom. The van der Waals surface area contributed by atoms with Crippen molar-refractivity contribution in [3.63, 3.8) is 0 Å². The fourth-order valence-corrected chi connectivity index (χ4v) is 4.75. The summed E-state index contributed by atoms with van der Waals surface area (Å²) in [5, 5.41) is 3.68. The van der Waals surface area contributed by atoms with Crippen molar-refractivity contribution in [1.29, 1.82) is 0 Å². The Bertz CT molecular complexity index is 585. The van der Waals surface area contributed by atoms with Gasteiger partial charge in [-0.2, -0.15) is 0 Å². The molecule has 3 aliphatic rings. The molecule has 1 saturated heterocycles. The van der Waals surface area contributed by atoms with Crippen molar-refractivity contribution in [2.75, 3.05) is 24.1 Å². The molecule has 0 bridgehead atoms. The number of nitrogen functional groups attached to an aromatic ring is 1. The maximum atomic E-state index is 6.23. The molecule has 1 aromatic rings. The summed E-state index contributed by atoms with van der Waals surface area (Å²) in [6, 6.07) is 7.59. The highest BCUT2D eigenvalue weighted by Gasteiger charge is 2.31. The second-order valence-electron chi connectivity index (χ2n) is 8.66. The highest BCUT2D eigenvalue weighted by Crippen LogP contribution is 2.32. The number of nitrogens with one attached hydrogen (secondary N) is 1. The molecule has 144 valence electrons. The van der Waals surface area contributed by atoms with E-state index < -0.39 is 0 Å². The SMILES string of the molecule is Cc1ccc(N)c(NC2CCN(C3CCC(OC4CCC4)CC3)CC2)c1. The molecule has 26 heavy (non-hydrogen) atoms. The second-order valence-corrected chi connectivity index (χ2v) is 8.66. The number of aryl methyl sites for hydroxylation is 1. The van der Waals surface area contributed by atoms with Gasteiger partial charge in [0.25, 0.3) is 0 Å². The van der Waals surface area contributed by atoms with Crippen LogP contribution in [0.25, 0.3) is 0 Å². The van der Waals surface area contributed by atoms with Crippen molar-refractivity contribution in [2.45, 2.75) is 89.0 Å². The molecule has 0 unspecified atom stereocenters. The van der Waals surface area contributed by atoms with E-state index in [0.717, 1.165) is 17.4 Å². The number of benzene rings is 1. The summed E-state index contributed by atoms with van der Waals surface area (Å²) in [7, 11) is 0. The molecule has 2 saturated carbocycles. The summed E-state index contributed by atoms with van der Waals surface area (Å²) >= 11 is 0. The molecule has 0 radical (unpaired) electrons. The van der Waals surface area contributed by atoms with Gasteiger partial charge in [-0.05, 0) is 82.4 Å². The lowest BCUT2D eigenvalue weighted by molar-refractivity contribution is -0.0733. The smallest absolute Gasteiger partial charge is 0.0580 e. The maximum absolute atomic E-state index is 6.23. The van der Waals surface area contributed by atoms with E-state index in [2.05, 4.69) is 29.3 Å². The quantitative estimate of drug-likeness (QED) is 0.770. The minimum atomic E-state index is 0.542. The zero-order valence-electron chi connectivity index (χ0n) is 16.3. The van der Waals surface area contributed by atoms with Crippen molar-refractivity contribution < 1.29 is 4.74 Å². The molecular weight excluding hydrogens is 322 g/mol. The molecule has 4 rings (SSSR count). The van der Waals surface area contributed by atoms with Crippen molar-refractivity contribution in [3.05, 3.63) is 23.8 Å². The van der Waals surface area contributed by atoms with Gasteiger partial charge < -0.3 is 20.7 Å². The molecule has 4 nitrogen and oxygen atoms in total. The van der Waals surface area contributed by atoms with E-state index in [4.69, 9.17) is 10.5 Å². The van der Waals surface area contributed by atoms with Crippen molar-refractivity contribution >= 4 is 11.4 Å². The van der Waals surface area contributed by atoms with Crippen LogP contribution >= 0.6 is 0 Å². The monoisotopic (exact) mass is 357 g/mol. The summed E-state index contributed by atoms with van der Waals surface area (Å²) in [5.41, 5.74) is 9.36. The van der Waals surface area contributed by atoms with Crippen LogP contribution in [0.5, 0.6) is 0 Å². The Kier molecular flexibility index (Phi) is 5.70. The van der Waals surface area contributed by atoms with Gasteiger partial charge in [-0.15, -0.1) is 0 Å². The standard InChI is InChI=1S/C22H35N3O/c1-16-5-10-21(23)22(15-16)24-17-11-13-25(14-12-17)18-6-8-20(9-7-18)26-19-3-2-4-19/h5,10,15,17-20,24H,2-4,6-9,11-14,23H2,1H3. The first-order valence-electron chi connectivity index (χ1n) is 10.7. The van der Waals surface area contributed by atoms with Crippen LogP contribution in [-0.2, 0) is 4.74 Å². The first kappa shape index (κ1) is 18.1. The van der Waals surface area contributed by atoms with E-state index in [1.54, 1.807) is 0 Å². The molecule has 0 aromatic heterocycles. The third-order valence-electron chi connectivity index (χ3n) is 6.70. The third kappa shape index (κ3) is 4.34. The first-order chi connectivity index (χ1) is 12.7. The number of anilines is 2. The van der Waals surface area contributed by atoms with Gasteiger partial charge in [0.1, 0.15) is 0 Å². The van der Waals surface area contributed by atoms with Crippen LogP contribution in [0.2, 0.25) is 0 Å². The fourth-order valence-electron chi connectivity index (χ4n) is 4.75. The Morgan fingerprint density at radius 1 is 0.962 bits per heavy atom. The number of piperidine rings is 1. The number of hydrogen-bond acceptors (Lipinski definition) is 4. The molecular formula is C22H35N3O. The van der Waals surface area contributed by atoms with Gasteiger partial charge >= 0.3 is 0 Å². The van der Waals surface area contributed by atoms with Crippen LogP contribution in [0.1, 0.15) is 63.4 Å². The molecule has 3 fully saturated rings. The Labute approximate surface area is 158 Å². The van der Waals surface area contributed by atoms with E-state index in [0.29, 0.717) is 18.2 Å². The van der Waals surface area contributed by atoms with E-state index in [-0.39, 0.29) is 0 Å². The molecule has 1 aromatic carbocycles. The van der Waals surface area contributed by atoms with Gasteiger partial charge in [-0.3, -0.25) is 0 Å². The summed E-state index contributed by atoms with van der Waals surface area (Å²) in [6.07, 6.45) is 12.7. The fraction of sp³-hybridized carbons (Fsp3) is 0.727. The van der Waals surface area contributed by atoms with E-state index in [1.807, 2.05) is 6.07 Å². The predicted octanol–water partition coefficient (Wildman–Crippen LogP) is 4.33. The molecule has 1 aliphatic heterocycles. The van der Waals surface area contributed by atoms with Crippen LogP contribution in [0.4, 0.5) is 11.4 Å². The average Bonchev–Trinajstić information content (AvgIpc) is 2.63. The number of hydrogen-bond donors (Lipinski definition) is 2. The summed E-state index contributed by atoms with van der Waals surface area (Å²) in [4.78, 5) is 2.73. The lowest BCUT2D eigenvalue weighted by atomic mass is 9.89. The highest BCUT2D eigenvalue weighted by molar-refractivity contribution is 5.67. The molecule has 3 N–H and O–H groups in total. The summed E-state index contributed by atoms with van der Waals surface area (Å²) in [5.74, 6) is 0. The number of nitrogens with zero attached hydrogens (tertiary/aromatic N) is 1. The van der Waals surface area contributed by atoms with Crippen LogP contribution in [0, 0.1) is 6.92 Å². The van der Waals surface area contributed by atoms with Crippen molar-refractivity contribution in [1.82, 2.24) is 4.90 Å². The number of rotatable bonds is 5. The summed E-state index contributed by atoms with van der Waals surface area (Å²) < 4.78 is 6.23. The van der Waals surface area contributed by atoms with Crippen LogP contribution in [-0.4, -0.2) is 42.3 Å². The molecule has 4 heteroatoms. The molecule has 0 amide bonds. The second kappa shape index (κ2) is 8.18. The Balaban J connectivity index is 1.21. The van der Waals surface area contributed by atoms with Gasteiger partial charge in [-0.25, -0.2) is 0 Å². The topological polar surface area (TPSA) is 50.5 Å². The lowest BCUT2D eigenvalue weighted by Gasteiger charge is -2.42. The Morgan fingerprint density at radius 2 is 1.65 bits per heavy atom. The van der Waals surface area contributed by atoms with Crippen LogP contribution < -0.4 is 11.1 Å². The number of ether oxygens (including phenoxy) is 1. The molecule has 0 spiro atoms. The van der Waals surface area contributed by atoms with E-state index in [1.165, 1.54) is 76.4 Å². The van der Waals surface area contributed by atoms with Gasteiger partial charge in [0.05, 0.1) is 23.6 Å². The largest absolute Gasteiger partial charge is 0.397 e. The van der Waals surface area contributed by atoms with Gasteiger partial charge in [0.2, 0.25) is 0 Å². The molecule has 0 atom stereocenters. The first-order valence-corrected chi connectivity index (χ1v) is 10.7. The zero-order valence-corrected chi connectivity index (χ0v) is 16.3. The zero-order chi connectivity index (χ0) is 17.9. The minimum Gasteiger partial charge on any atom is -0.397 e. The van der Waals surface area contributed by atoms with Crippen LogP contribution in [0.3, 0.4) is 0 Å². The maximum Gasteiger partial charge on any atom is 0.0580 e. The van der Waals surface area contributed by atoms with Gasteiger partial charge in [0.15, 0.2) is 0 Å². The molecule has 2 aliphatic carbocycles.